The van der Waals surface area contributed by atoms with E-state index in [9.17, 15) is 9.18 Å². The highest BCUT2D eigenvalue weighted by Crippen LogP contribution is 2.40. The van der Waals surface area contributed by atoms with E-state index in [0.717, 1.165) is 12.0 Å². The van der Waals surface area contributed by atoms with Crippen LogP contribution in [0.25, 0.3) is 11.1 Å². The van der Waals surface area contributed by atoms with E-state index in [1.165, 1.54) is 12.8 Å². The predicted octanol–water partition coefficient (Wildman–Crippen LogP) is 2.59. The molecule has 3 atom stereocenters. The summed E-state index contributed by atoms with van der Waals surface area (Å²) in [6.45, 7) is 0. The van der Waals surface area contributed by atoms with Gasteiger partial charge in [0.1, 0.15) is 0 Å². The molecule has 1 amide bonds. The van der Waals surface area contributed by atoms with Gasteiger partial charge in [0.05, 0.1) is 0 Å². The zero-order chi connectivity index (χ0) is 16.0. The van der Waals surface area contributed by atoms with Gasteiger partial charge in [-0.3, -0.25) is 4.79 Å². The van der Waals surface area contributed by atoms with Gasteiger partial charge < -0.3 is 11.1 Å². The second-order valence-electron chi connectivity index (χ2n) is 6.44. The minimum atomic E-state index is -0.489. The van der Waals surface area contributed by atoms with Crippen molar-refractivity contribution in [2.24, 2.45) is 5.73 Å². The van der Waals surface area contributed by atoms with E-state index in [4.69, 9.17) is 5.73 Å². The van der Waals surface area contributed by atoms with Crippen LogP contribution in [-0.2, 0) is 0 Å². The molecule has 4 nitrogen and oxygen atoms in total. The third-order valence-electron chi connectivity index (χ3n) is 5.07. The number of hydrogen-bond donors (Lipinski definition) is 2. The number of benzene rings is 1. The molecule has 3 N–H and O–H groups in total. The molecule has 118 valence electrons. The summed E-state index contributed by atoms with van der Waals surface area (Å²) in [6, 6.07) is 9.62. The van der Waals surface area contributed by atoms with Gasteiger partial charge in [0.15, 0.2) is 0 Å². The van der Waals surface area contributed by atoms with Crippen LogP contribution in [0.2, 0.25) is 0 Å². The van der Waals surface area contributed by atoms with Gasteiger partial charge in [-0.05, 0) is 48.6 Å². The van der Waals surface area contributed by atoms with Crippen LogP contribution in [0.15, 0.2) is 36.5 Å². The Labute approximate surface area is 133 Å². The molecule has 2 saturated heterocycles. The molecular formula is C18H18FN3O. The van der Waals surface area contributed by atoms with Crippen molar-refractivity contribution >= 4 is 5.91 Å². The first kappa shape index (κ1) is 14.3. The van der Waals surface area contributed by atoms with E-state index in [2.05, 4.69) is 10.3 Å². The van der Waals surface area contributed by atoms with E-state index in [1.807, 2.05) is 6.07 Å². The zero-order valence-electron chi connectivity index (χ0n) is 12.6. The Morgan fingerprint density at radius 3 is 2.65 bits per heavy atom. The third-order valence-corrected chi connectivity index (χ3v) is 5.07. The number of halogens is 1. The lowest BCUT2D eigenvalue weighted by atomic mass is 9.84. The number of aromatic nitrogens is 1. The summed E-state index contributed by atoms with van der Waals surface area (Å²) in [7, 11) is 0. The number of rotatable bonds is 3. The molecule has 23 heavy (non-hydrogen) atoms. The van der Waals surface area contributed by atoms with E-state index in [1.54, 1.807) is 30.5 Å². The fourth-order valence-electron chi connectivity index (χ4n) is 3.88. The highest BCUT2D eigenvalue weighted by Gasteiger charge is 2.39. The maximum Gasteiger partial charge on any atom is 0.248 e. The minimum absolute atomic E-state index is 0.408. The topological polar surface area (TPSA) is 68.0 Å². The second kappa shape index (κ2) is 5.42. The Kier molecular flexibility index (Phi) is 3.38. The molecule has 1 unspecified atom stereocenters. The number of amides is 1. The van der Waals surface area contributed by atoms with Crippen LogP contribution in [0.4, 0.5) is 4.39 Å². The van der Waals surface area contributed by atoms with E-state index >= 15 is 0 Å². The Balaban J connectivity index is 1.68. The Hall–Kier alpha value is -2.27. The van der Waals surface area contributed by atoms with Crippen molar-refractivity contribution < 1.29 is 9.18 Å². The van der Waals surface area contributed by atoms with Crippen LogP contribution < -0.4 is 11.1 Å². The smallest absolute Gasteiger partial charge is 0.248 e. The average molecular weight is 311 g/mol. The van der Waals surface area contributed by atoms with E-state index in [0.29, 0.717) is 34.7 Å². The van der Waals surface area contributed by atoms with Gasteiger partial charge in [0, 0.05) is 35.3 Å². The Morgan fingerprint density at radius 2 is 2.04 bits per heavy atom. The molecule has 2 fully saturated rings. The fraction of sp³-hybridized carbons (Fsp3) is 0.333. The lowest BCUT2D eigenvalue weighted by molar-refractivity contribution is 0.100. The lowest BCUT2D eigenvalue weighted by Crippen LogP contribution is -2.21. The normalized spacial score (nSPS) is 25.7. The second-order valence-corrected chi connectivity index (χ2v) is 6.44. The maximum absolute atomic E-state index is 14.2. The highest BCUT2D eigenvalue weighted by molar-refractivity contribution is 5.93. The SMILES string of the molecule is NC(=O)c1ccc(-c2cc(C3C[C@@H]4CC[C@H]3N4)cnc2F)cc1. The van der Waals surface area contributed by atoms with Crippen LogP contribution in [0.5, 0.6) is 0 Å². The summed E-state index contributed by atoms with van der Waals surface area (Å²) in [5, 5.41) is 3.60. The number of carbonyl (C=O) groups is 1. The molecule has 4 rings (SSSR count). The summed E-state index contributed by atoms with van der Waals surface area (Å²) in [6.07, 6.45) is 5.16. The number of nitrogens with two attached hydrogens (primary N) is 1. The third kappa shape index (κ3) is 2.51. The minimum Gasteiger partial charge on any atom is -0.366 e. The molecule has 2 bridgehead atoms. The number of nitrogens with zero attached hydrogens (tertiary/aromatic N) is 1. The van der Waals surface area contributed by atoms with Gasteiger partial charge in [-0.2, -0.15) is 4.39 Å². The quantitative estimate of drug-likeness (QED) is 0.856. The van der Waals surface area contributed by atoms with Gasteiger partial charge in [0.25, 0.3) is 0 Å². The van der Waals surface area contributed by atoms with Gasteiger partial charge in [0.2, 0.25) is 11.9 Å². The fourth-order valence-corrected chi connectivity index (χ4v) is 3.88. The van der Waals surface area contributed by atoms with Gasteiger partial charge in [-0.1, -0.05) is 12.1 Å². The van der Waals surface area contributed by atoms with Crippen LogP contribution in [0.3, 0.4) is 0 Å². The van der Waals surface area contributed by atoms with Crippen LogP contribution in [0, 0.1) is 5.95 Å². The number of nitrogens with one attached hydrogen (secondary N) is 1. The number of hydrogen-bond acceptors (Lipinski definition) is 3. The van der Waals surface area contributed by atoms with Gasteiger partial charge in [-0.15, -0.1) is 0 Å². The summed E-state index contributed by atoms with van der Waals surface area (Å²) >= 11 is 0. The summed E-state index contributed by atoms with van der Waals surface area (Å²) in [5.74, 6) is -0.570. The average Bonchev–Trinajstić information content (AvgIpc) is 3.18. The molecule has 1 aromatic heterocycles. The van der Waals surface area contributed by atoms with E-state index < -0.39 is 11.9 Å². The predicted molar refractivity (Wildman–Crippen MR) is 85.5 cm³/mol. The van der Waals surface area contributed by atoms with Crippen molar-refractivity contribution in [3.63, 3.8) is 0 Å². The van der Waals surface area contributed by atoms with Crippen LogP contribution in [0.1, 0.15) is 41.1 Å². The molecule has 2 aliphatic rings. The van der Waals surface area contributed by atoms with E-state index in [-0.39, 0.29) is 0 Å². The molecule has 2 aliphatic heterocycles. The van der Waals surface area contributed by atoms with Gasteiger partial charge in [-0.25, -0.2) is 4.98 Å². The van der Waals surface area contributed by atoms with Crippen molar-refractivity contribution in [1.82, 2.24) is 10.3 Å². The molecule has 0 spiro atoms. The van der Waals surface area contributed by atoms with Crippen molar-refractivity contribution in [2.45, 2.75) is 37.3 Å². The lowest BCUT2D eigenvalue weighted by Gasteiger charge is -2.20. The molecular weight excluding hydrogens is 293 g/mol. The summed E-state index contributed by atoms with van der Waals surface area (Å²) < 4.78 is 14.2. The number of carbonyl (C=O) groups excluding carboxylic acids is 1. The first-order valence-corrected chi connectivity index (χ1v) is 7.93. The molecule has 3 heterocycles. The van der Waals surface area contributed by atoms with Gasteiger partial charge >= 0.3 is 0 Å². The molecule has 2 aromatic rings. The highest BCUT2D eigenvalue weighted by atomic mass is 19.1. The number of pyridine rings is 1. The standard InChI is InChI=1S/C18H18FN3O/c19-17-15(10-1-3-11(4-2-10)18(20)23)7-12(9-21-17)14-8-13-5-6-16(14)22-13/h1-4,7,9,13-14,16,22H,5-6,8H2,(H2,20,23)/t13-,14?,16+/m0/s1. The first-order valence-electron chi connectivity index (χ1n) is 7.93. The van der Waals surface area contributed by atoms with Crippen LogP contribution in [-0.4, -0.2) is 23.0 Å². The largest absolute Gasteiger partial charge is 0.366 e. The molecule has 1 aromatic carbocycles. The van der Waals surface area contributed by atoms with Crippen molar-refractivity contribution in [3.05, 3.63) is 53.6 Å². The monoisotopic (exact) mass is 311 g/mol. The number of primary amides is 1. The Morgan fingerprint density at radius 1 is 1.26 bits per heavy atom. The first-order chi connectivity index (χ1) is 11.1. The van der Waals surface area contributed by atoms with Crippen molar-refractivity contribution in [1.29, 1.82) is 0 Å². The molecule has 0 radical (unpaired) electrons. The maximum atomic E-state index is 14.2. The van der Waals surface area contributed by atoms with Crippen molar-refractivity contribution in [3.8, 4) is 11.1 Å². The summed E-state index contributed by atoms with van der Waals surface area (Å²) in [4.78, 5) is 15.1. The molecule has 0 aliphatic carbocycles. The summed E-state index contributed by atoms with van der Waals surface area (Å²) in [5.41, 5.74) is 7.92. The number of fused-ring (bicyclic) bond motifs is 2. The van der Waals surface area contributed by atoms with Crippen LogP contribution >= 0.6 is 0 Å². The molecule has 0 saturated carbocycles. The van der Waals surface area contributed by atoms with Crippen molar-refractivity contribution in [2.75, 3.05) is 0 Å². The zero-order valence-corrected chi connectivity index (χ0v) is 12.6. The molecule has 5 heteroatoms. The Bertz CT molecular complexity index is 759.